The molecule has 1 aliphatic heterocycles. The molecule has 0 N–H and O–H groups in total. The number of carbonyl (C=O) groups excluding carboxylic acids is 1. The van der Waals surface area contributed by atoms with Crippen LogP contribution < -0.4 is 5.56 Å². The fourth-order valence-corrected chi connectivity index (χ4v) is 6.91. The van der Waals surface area contributed by atoms with Crippen LogP contribution in [-0.4, -0.2) is 58.1 Å². The summed E-state index contributed by atoms with van der Waals surface area (Å²) in [7, 11) is -3.10. The van der Waals surface area contributed by atoms with Crippen LogP contribution in [0.15, 0.2) is 64.5 Å². The molecule has 2 atom stereocenters. The van der Waals surface area contributed by atoms with Gasteiger partial charge in [0.15, 0.2) is 15.0 Å². The van der Waals surface area contributed by atoms with Gasteiger partial charge in [0.2, 0.25) is 5.91 Å². The topological polar surface area (TPSA) is 89.3 Å². The molecule has 7 nitrogen and oxygen atoms in total. The molecule has 1 saturated heterocycles. The molecule has 1 aromatic heterocycles. The Bertz CT molecular complexity index is 1320. The van der Waals surface area contributed by atoms with E-state index in [0.29, 0.717) is 35.6 Å². The zero-order valence-corrected chi connectivity index (χ0v) is 20.3. The number of sulfone groups is 1. The lowest BCUT2D eigenvalue weighted by molar-refractivity contribution is -0.131. The predicted molar refractivity (Wildman–Crippen MR) is 131 cm³/mol. The lowest BCUT2D eigenvalue weighted by atomic mass is 10.2. The van der Waals surface area contributed by atoms with Crippen molar-refractivity contribution in [3.8, 4) is 0 Å². The molecule has 3 aromatic rings. The average Bonchev–Trinajstić information content (AvgIpc) is 3.16. The van der Waals surface area contributed by atoms with Crippen molar-refractivity contribution >= 4 is 38.4 Å². The molecule has 2 heterocycles. The van der Waals surface area contributed by atoms with E-state index >= 15 is 0 Å². The molecule has 1 fully saturated rings. The molecule has 4 rings (SSSR count). The van der Waals surface area contributed by atoms with Crippen LogP contribution in [0, 0.1) is 0 Å². The molecule has 1 amide bonds. The maximum absolute atomic E-state index is 13.3. The Morgan fingerprint density at radius 1 is 1.18 bits per heavy atom. The number of para-hydroxylation sites is 1. The van der Waals surface area contributed by atoms with Crippen LogP contribution in [0.2, 0.25) is 0 Å². The van der Waals surface area contributed by atoms with Crippen LogP contribution in [0.4, 0.5) is 0 Å². The smallest absolute Gasteiger partial charge is 0.262 e. The monoisotopic (exact) mass is 485 g/mol. The summed E-state index contributed by atoms with van der Waals surface area (Å²) in [6.07, 6.45) is 0.465. The molecule has 0 spiro atoms. The van der Waals surface area contributed by atoms with Gasteiger partial charge in [-0.25, -0.2) is 13.4 Å². The largest absolute Gasteiger partial charge is 0.338 e. The summed E-state index contributed by atoms with van der Waals surface area (Å²) in [4.78, 5) is 33.0. The second-order valence-electron chi connectivity index (χ2n) is 8.23. The molecular weight excluding hydrogens is 458 g/mol. The summed E-state index contributed by atoms with van der Waals surface area (Å²) in [6.45, 7) is 4.43. The van der Waals surface area contributed by atoms with Crippen molar-refractivity contribution < 1.29 is 13.2 Å². The number of rotatable bonds is 7. The van der Waals surface area contributed by atoms with Gasteiger partial charge in [0, 0.05) is 12.6 Å². The molecule has 174 valence electrons. The van der Waals surface area contributed by atoms with Gasteiger partial charge in [-0.1, -0.05) is 54.2 Å². The summed E-state index contributed by atoms with van der Waals surface area (Å²) in [5.41, 5.74) is 1.40. The van der Waals surface area contributed by atoms with Crippen LogP contribution >= 0.6 is 11.8 Å². The van der Waals surface area contributed by atoms with Gasteiger partial charge in [-0.05, 0) is 38.0 Å². The van der Waals surface area contributed by atoms with Gasteiger partial charge in [0.05, 0.1) is 34.2 Å². The summed E-state index contributed by atoms with van der Waals surface area (Å²) < 4.78 is 25.5. The Morgan fingerprint density at radius 3 is 2.55 bits per heavy atom. The Balaban J connectivity index is 1.66. The molecule has 2 aromatic carbocycles. The molecule has 2 unspecified atom stereocenters. The molecule has 0 saturated carbocycles. The maximum Gasteiger partial charge on any atom is 0.262 e. The van der Waals surface area contributed by atoms with Crippen molar-refractivity contribution in [2.45, 2.75) is 43.3 Å². The number of amides is 1. The first-order valence-electron chi connectivity index (χ1n) is 11.0. The number of carbonyl (C=O) groups is 1. The minimum atomic E-state index is -3.10. The van der Waals surface area contributed by atoms with E-state index in [-0.39, 0.29) is 29.0 Å². The maximum atomic E-state index is 13.3. The first-order chi connectivity index (χ1) is 15.8. The third-order valence-electron chi connectivity index (χ3n) is 5.91. The fourth-order valence-electron chi connectivity index (χ4n) is 4.20. The van der Waals surface area contributed by atoms with E-state index in [1.807, 2.05) is 49.4 Å². The van der Waals surface area contributed by atoms with Crippen molar-refractivity contribution in [2.24, 2.45) is 0 Å². The Labute approximate surface area is 197 Å². The standard InChI is InChI=1S/C24H27N3O4S2/c1-3-26(19-13-14-33(30,31)16-19)22(28)17(2)32-24-25-21-12-8-7-11-20(21)23(29)27(24)15-18-9-5-4-6-10-18/h4-12,17,19H,3,13-16H2,1-2H3. The summed E-state index contributed by atoms with van der Waals surface area (Å²) >= 11 is 1.24. The number of fused-ring (bicyclic) bond motifs is 1. The van der Waals surface area contributed by atoms with E-state index in [4.69, 9.17) is 4.98 Å². The molecule has 33 heavy (non-hydrogen) atoms. The summed E-state index contributed by atoms with van der Waals surface area (Å²) in [6, 6.07) is 16.6. The SMILES string of the molecule is CCN(C(=O)C(C)Sc1nc2ccccc2c(=O)n1Cc1ccccc1)C1CCS(=O)(=O)C1. The third kappa shape index (κ3) is 5.14. The minimum Gasteiger partial charge on any atom is -0.338 e. The highest BCUT2D eigenvalue weighted by atomic mass is 32.2. The number of nitrogens with zero attached hydrogens (tertiary/aromatic N) is 3. The first kappa shape index (κ1) is 23.5. The van der Waals surface area contributed by atoms with Crippen LogP contribution in [0.3, 0.4) is 0 Å². The van der Waals surface area contributed by atoms with E-state index in [2.05, 4.69) is 0 Å². The van der Waals surface area contributed by atoms with Crippen LogP contribution in [0.25, 0.3) is 10.9 Å². The van der Waals surface area contributed by atoms with Crippen molar-refractivity contribution in [2.75, 3.05) is 18.1 Å². The number of hydrogen-bond acceptors (Lipinski definition) is 6. The second-order valence-corrected chi connectivity index (χ2v) is 11.8. The van der Waals surface area contributed by atoms with Gasteiger partial charge in [0.25, 0.3) is 5.56 Å². The molecule has 0 aliphatic carbocycles. The zero-order chi connectivity index (χ0) is 23.6. The van der Waals surface area contributed by atoms with E-state index in [1.165, 1.54) is 11.8 Å². The highest BCUT2D eigenvalue weighted by molar-refractivity contribution is 8.00. The van der Waals surface area contributed by atoms with E-state index in [0.717, 1.165) is 5.56 Å². The molecule has 1 aliphatic rings. The Kier molecular flexibility index (Phi) is 6.90. The lowest BCUT2D eigenvalue weighted by Gasteiger charge is -2.29. The van der Waals surface area contributed by atoms with E-state index in [1.54, 1.807) is 28.5 Å². The van der Waals surface area contributed by atoms with Gasteiger partial charge in [0.1, 0.15) is 0 Å². The van der Waals surface area contributed by atoms with Crippen LogP contribution in [0.5, 0.6) is 0 Å². The second kappa shape index (κ2) is 9.69. The van der Waals surface area contributed by atoms with E-state index < -0.39 is 15.1 Å². The number of benzene rings is 2. The Hall–Kier alpha value is -2.65. The predicted octanol–water partition coefficient (Wildman–Crippen LogP) is 2.96. The number of aromatic nitrogens is 2. The average molecular weight is 486 g/mol. The molecule has 0 radical (unpaired) electrons. The fraction of sp³-hybridized carbons (Fsp3) is 0.375. The van der Waals surface area contributed by atoms with Crippen molar-refractivity contribution in [1.29, 1.82) is 0 Å². The minimum absolute atomic E-state index is 0.0108. The van der Waals surface area contributed by atoms with E-state index in [9.17, 15) is 18.0 Å². The van der Waals surface area contributed by atoms with Gasteiger partial charge in [-0.3, -0.25) is 14.2 Å². The van der Waals surface area contributed by atoms with Gasteiger partial charge < -0.3 is 4.90 Å². The van der Waals surface area contributed by atoms with Gasteiger partial charge >= 0.3 is 0 Å². The summed E-state index contributed by atoms with van der Waals surface area (Å²) in [5, 5.41) is 0.477. The zero-order valence-electron chi connectivity index (χ0n) is 18.7. The third-order valence-corrected chi connectivity index (χ3v) is 8.74. The highest BCUT2D eigenvalue weighted by Crippen LogP contribution is 2.27. The van der Waals surface area contributed by atoms with Crippen molar-refractivity contribution in [3.63, 3.8) is 0 Å². The molecular formula is C24H27N3O4S2. The van der Waals surface area contributed by atoms with Gasteiger partial charge in [-0.2, -0.15) is 0 Å². The highest BCUT2D eigenvalue weighted by Gasteiger charge is 2.35. The lowest BCUT2D eigenvalue weighted by Crippen LogP contribution is -2.44. The van der Waals surface area contributed by atoms with Crippen LogP contribution in [-0.2, 0) is 21.2 Å². The van der Waals surface area contributed by atoms with Crippen molar-refractivity contribution in [1.82, 2.24) is 14.5 Å². The normalized spacial score (nSPS) is 18.3. The molecule has 9 heteroatoms. The first-order valence-corrected chi connectivity index (χ1v) is 13.7. The van der Waals surface area contributed by atoms with Gasteiger partial charge in [-0.15, -0.1) is 0 Å². The molecule has 0 bridgehead atoms. The Morgan fingerprint density at radius 2 is 1.88 bits per heavy atom. The van der Waals surface area contributed by atoms with Crippen molar-refractivity contribution in [3.05, 3.63) is 70.5 Å². The summed E-state index contributed by atoms with van der Waals surface area (Å²) in [5.74, 6) is -0.0128. The number of hydrogen-bond donors (Lipinski definition) is 0. The quantitative estimate of drug-likeness (QED) is 0.378. The van der Waals surface area contributed by atoms with Crippen LogP contribution in [0.1, 0.15) is 25.8 Å². The number of thioether (sulfide) groups is 1.